The van der Waals surface area contributed by atoms with Crippen molar-refractivity contribution in [3.05, 3.63) is 29.3 Å². The van der Waals surface area contributed by atoms with Crippen molar-refractivity contribution in [3.63, 3.8) is 0 Å². The lowest BCUT2D eigenvalue weighted by atomic mass is 10.0. The van der Waals surface area contributed by atoms with E-state index in [1.54, 1.807) is 11.8 Å². The molecule has 2 nitrogen and oxygen atoms in total. The van der Waals surface area contributed by atoms with Crippen LogP contribution < -0.4 is 4.90 Å². The number of carbonyl (C=O) groups excluding carboxylic acids is 1. The van der Waals surface area contributed by atoms with Crippen molar-refractivity contribution in [2.24, 2.45) is 0 Å². The molecule has 0 saturated heterocycles. The van der Waals surface area contributed by atoms with Crippen molar-refractivity contribution in [1.29, 1.82) is 0 Å². The molecular formula is C15H20ClNOS. The Labute approximate surface area is 125 Å². The van der Waals surface area contributed by atoms with Gasteiger partial charge in [0.1, 0.15) is 5.38 Å². The summed E-state index contributed by atoms with van der Waals surface area (Å²) in [5.41, 5.74) is 3.01. The van der Waals surface area contributed by atoms with Gasteiger partial charge in [-0.15, -0.1) is 11.6 Å². The molecule has 4 heteroatoms. The number of thiocarbonyl (C=S) groups is 1. The van der Waals surface area contributed by atoms with Gasteiger partial charge in [0.2, 0.25) is 5.91 Å². The van der Waals surface area contributed by atoms with Gasteiger partial charge in [-0.05, 0) is 45.7 Å². The number of hydrogen-bond acceptors (Lipinski definition) is 2. The predicted octanol–water partition coefficient (Wildman–Crippen LogP) is 4.04. The van der Waals surface area contributed by atoms with E-state index in [0.717, 1.165) is 21.7 Å². The molecule has 0 aliphatic carbocycles. The van der Waals surface area contributed by atoms with Gasteiger partial charge in [0.15, 0.2) is 0 Å². The second-order valence-electron chi connectivity index (χ2n) is 4.85. The number of halogens is 1. The third-order valence-electron chi connectivity index (χ3n) is 3.23. The third kappa shape index (κ3) is 3.54. The first-order valence-corrected chi connectivity index (χ1v) is 7.15. The van der Waals surface area contributed by atoms with Crippen LogP contribution >= 0.6 is 23.8 Å². The second kappa shape index (κ2) is 6.49. The minimum Gasteiger partial charge on any atom is -0.303 e. The number of nitrogens with zero attached hydrogens (tertiary/aromatic N) is 1. The van der Waals surface area contributed by atoms with E-state index in [1.165, 1.54) is 0 Å². The van der Waals surface area contributed by atoms with Crippen molar-refractivity contribution < 1.29 is 4.79 Å². The number of hydrogen-bond donors (Lipinski definition) is 0. The molecule has 0 aliphatic rings. The highest BCUT2D eigenvalue weighted by Crippen LogP contribution is 2.28. The normalized spacial score (nSPS) is 13.8. The Balaban J connectivity index is 3.39. The molecule has 0 N–H and O–H groups in total. The standard InChI is InChI=1S/C15H20ClNOS/c1-9-7-6-8-10(2)14(9)17(12(4)13(5)19)15(18)11(3)16/h6-8,11-12H,1-5H3. The van der Waals surface area contributed by atoms with Gasteiger partial charge in [-0.3, -0.25) is 4.79 Å². The Bertz CT molecular complexity index is 479. The van der Waals surface area contributed by atoms with Crippen molar-refractivity contribution in [1.82, 2.24) is 0 Å². The summed E-state index contributed by atoms with van der Waals surface area (Å²) in [7, 11) is 0. The quantitative estimate of drug-likeness (QED) is 0.617. The molecule has 1 rings (SSSR count). The molecule has 0 radical (unpaired) electrons. The van der Waals surface area contributed by atoms with Gasteiger partial charge in [0, 0.05) is 4.86 Å². The first-order chi connectivity index (χ1) is 8.77. The van der Waals surface area contributed by atoms with Crippen LogP contribution in [0.5, 0.6) is 0 Å². The van der Waals surface area contributed by atoms with E-state index < -0.39 is 5.38 Å². The van der Waals surface area contributed by atoms with E-state index in [1.807, 2.05) is 45.9 Å². The Hall–Kier alpha value is -0.930. The molecule has 0 saturated carbocycles. The minimum absolute atomic E-state index is 0.115. The number of carbonyl (C=O) groups is 1. The molecule has 2 atom stereocenters. The molecule has 0 heterocycles. The summed E-state index contributed by atoms with van der Waals surface area (Å²) in [6.45, 7) is 9.47. The van der Waals surface area contributed by atoms with Gasteiger partial charge in [0.25, 0.3) is 0 Å². The van der Waals surface area contributed by atoms with E-state index in [2.05, 4.69) is 0 Å². The monoisotopic (exact) mass is 297 g/mol. The zero-order valence-electron chi connectivity index (χ0n) is 12.0. The molecule has 0 spiro atoms. The topological polar surface area (TPSA) is 20.3 Å². The van der Waals surface area contributed by atoms with Gasteiger partial charge in [-0.25, -0.2) is 0 Å². The van der Waals surface area contributed by atoms with Gasteiger partial charge >= 0.3 is 0 Å². The number of rotatable bonds is 4. The highest BCUT2D eigenvalue weighted by Gasteiger charge is 2.28. The maximum Gasteiger partial charge on any atom is 0.245 e. The summed E-state index contributed by atoms with van der Waals surface area (Å²) in [4.78, 5) is 14.9. The lowest BCUT2D eigenvalue weighted by Gasteiger charge is -2.32. The molecule has 0 fully saturated rings. The van der Waals surface area contributed by atoms with Crippen LogP contribution in [0.4, 0.5) is 5.69 Å². The molecule has 0 bridgehead atoms. The van der Waals surface area contributed by atoms with Gasteiger partial charge in [-0.1, -0.05) is 30.4 Å². The average Bonchev–Trinajstić information content (AvgIpc) is 2.32. The first-order valence-electron chi connectivity index (χ1n) is 6.31. The maximum atomic E-state index is 12.4. The predicted molar refractivity (Wildman–Crippen MR) is 86.5 cm³/mol. The number of amides is 1. The number of alkyl halides is 1. The molecule has 0 aromatic heterocycles. The number of aryl methyl sites for hydroxylation is 2. The van der Waals surface area contributed by atoms with Gasteiger partial charge in [-0.2, -0.15) is 0 Å². The lowest BCUT2D eigenvalue weighted by Crippen LogP contribution is -2.45. The first kappa shape index (κ1) is 16.1. The summed E-state index contributed by atoms with van der Waals surface area (Å²) in [6.07, 6.45) is 0. The van der Waals surface area contributed by atoms with Crippen LogP contribution in [0.3, 0.4) is 0 Å². The van der Waals surface area contributed by atoms with Crippen LogP contribution in [0, 0.1) is 13.8 Å². The van der Waals surface area contributed by atoms with Crippen molar-refractivity contribution in [2.75, 3.05) is 4.90 Å². The van der Waals surface area contributed by atoms with E-state index >= 15 is 0 Å². The number of benzene rings is 1. The molecule has 1 aromatic carbocycles. The van der Waals surface area contributed by atoms with E-state index in [4.69, 9.17) is 23.8 Å². The van der Waals surface area contributed by atoms with Crippen molar-refractivity contribution in [3.8, 4) is 0 Å². The van der Waals surface area contributed by atoms with Crippen LogP contribution in [-0.2, 0) is 4.79 Å². The Morgan fingerprint density at radius 2 is 1.74 bits per heavy atom. The Morgan fingerprint density at radius 3 is 2.11 bits per heavy atom. The Morgan fingerprint density at radius 1 is 1.26 bits per heavy atom. The number of para-hydroxylation sites is 1. The summed E-state index contributed by atoms with van der Waals surface area (Å²) in [5, 5.41) is -0.573. The van der Waals surface area contributed by atoms with Crippen molar-refractivity contribution >= 4 is 40.3 Å². The van der Waals surface area contributed by atoms with E-state index in [9.17, 15) is 4.79 Å². The fourth-order valence-electron chi connectivity index (χ4n) is 2.05. The van der Waals surface area contributed by atoms with Crippen LogP contribution in [0.2, 0.25) is 0 Å². The SMILES string of the molecule is CC(=S)C(C)N(C(=O)C(C)Cl)c1c(C)cccc1C. The van der Waals surface area contributed by atoms with Gasteiger partial charge in [0.05, 0.1) is 11.7 Å². The zero-order valence-corrected chi connectivity index (χ0v) is 13.6. The van der Waals surface area contributed by atoms with Gasteiger partial charge < -0.3 is 4.90 Å². The number of anilines is 1. The Kier molecular flexibility index (Phi) is 5.50. The van der Waals surface area contributed by atoms with E-state index in [-0.39, 0.29) is 11.9 Å². The molecule has 19 heavy (non-hydrogen) atoms. The molecular weight excluding hydrogens is 278 g/mol. The highest BCUT2D eigenvalue weighted by atomic mass is 35.5. The zero-order chi connectivity index (χ0) is 14.7. The fraction of sp³-hybridized carbons (Fsp3) is 0.467. The summed E-state index contributed by atoms with van der Waals surface area (Å²) >= 11 is 11.2. The summed E-state index contributed by atoms with van der Waals surface area (Å²) in [6, 6.07) is 5.82. The smallest absolute Gasteiger partial charge is 0.245 e. The molecule has 0 aliphatic heterocycles. The third-order valence-corrected chi connectivity index (χ3v) is 3.76. The molecule has 2 unspecified atom stereocenters. The van der Waals surface area contributed by atoms with Crippen LogP contribution in [-0.4, -0.2) is 22.2 Å². The van der Waals surface area contributed by atoms with E-state index in [0.29, 0.717) is 0 Å². The maximum absolute atomic E-state index is 12.4. The second-order valence-corrected chi connectivity index (χ2v) is 6.15. The lowest BCUT2D eigenvalue weighted by molar-refractivity contribution is -0.118. The largest absolute Gasteiger partial charge is 0.303 e. The van der Waals surface area contributed by atoms with Crippen LogP contribution in [0.25, 0.3) is 0 Å². The fourth-order valence-corrected chi connectivity index (χ4v) is 2.26. The van der Waals surface area contributed by atoms with Crippen LogP contribution in [0.1, 0.15) is 31.9 Å². The molecule has 104 valence electrons. The molecule has 1 amide bonds. The minimum atomic E-state index is -0.573. The summed E-state index contributed by atoms with van der Waals surface area (Å²) < 4.78 is 0. The molecule has 1 aromatic rings. The highest BCUT2D eigenvalue weighted by molar-refractivity contribution is 7.80. The summed E-state index contributed by atoms with van der Waals surface area (Å²) in [5.74, 6) is -0.115. The van der Waals surface area contributed by atoms with Crippen LogP contribution in [0.15, 0.2) is 18.2 Å². The van der Waals surface area contributed by atoms with Crippen molar-refractivity contribution in [2.45, 2.75) is 46.0 Å². The average molecular weight is 298 g/mol.